The highest BCUT2D eigenvalue weighted by Gasteiger charge is 2.45. The number of hydrogen-bond donors (Lipinski definition) is 2. The van der Waals surface area contributed by atoms with Gasteiger partial charge in [-0.1, -0.05) is 48.6 Å². The molecule has 27 heavy (non-hydrogen) atoms. The first-order chi connectivity index (χ1) is 13.0. The van der Waals surface area contributed by atoms with E-state index in [1.165, 1.54) is 12.8 Å². The molecule has 0 aliphatic heterocycles. The van der Waals surface area contributed by atoms with Crippen molar-refractivity contribution in [1.29, 1.82) is 0 Å². The molecule has 1 saturated carbocycles. The first-order valence-electron chi connectivity index (χ1n) is 9.39. The van der Waals surface area contributed by atoms with Gasteiger partial charge in [-0.25, -0.2) is 4.79 Å². The number of hydrogen-bond acceptors (Lipinski definition) is 2. The Bertz CT molecular complexity index is 915. The quantitative estimate of drug-likeness (QED) is 0.852. The number of nitrogens with one attached hydrogen (secondary N) is 1. The molecule has 138 valence electrons. The Kier molecular flexibility index (Phi) is 4.34. The Labute approximate surface area is 158 Å². The lowest BCUT2D eigenvalue weighted by Gasteiger charge is -2.26. The summed E-state index contributed by atoms with van der Waals surface area (Å²) in [7, 11) is 0. The van der Waals surface area contributed by atoms with Gasteiger partial charge in [-0.15, -0.1) is 0 Å². The van der Waals surface area contributed by atoms with Crippen molar-refractivity contribution in [3.63, 3.8) is 0 Å². The number of rotatable bonds is 5. The highest BCUT2D eigenvalue weighted by atomic mass is 16.4. The molecule has 2 N–H and O–H groups in total. The average molecular weight is 361 g/mol. The molecule has 4 nitrogen and oxygen atoms in total. The van der Waals surface area contributed by atoms with Gasteiger partial charge in [0.25, 0.3) is 5.91 Å². The fourth-order valence-corrected chi connectivity index (χ4v) is 3.81. The summed E-state index contributed by atoms with van der Waals surface area (Å²) in [6.07, 6.45) is 7.18. The number of amides is 1. The van der Waals surface area contributed by atoms with E-state index in [0.29, 0.717) is 24.3 Å². The topological polar surface area (TPSA) is 66.4 Å². The maximum atomic E-state index is 13.1. The SMILES string of the molecule is Cc1cccc(C(=O)NC2(C(=O)O)Cc3ccccc3C2)c1/C=C/C1CC1. The van der Waals surface area contributed by atoms with Gasteiger partial charge in [-0.2, -0.15) is 0 Å². The van der Waals surface area contributed by atoms with Gasteiger partial charge in [-0.05, 0) is 54.0 Å². The van der Waals surface area contributed by atoms with Crippen LogP contribution in [0.3, 0.4) is 0 Å². The summed E-state index contributed by atoms with van der Waals surface area (Å²) in [5, 5.41) is 12.8. The third-order valence-corrected chi connectivity index (χ3v) is 5.59. The van der Waals surface area contributed by atoms with Gasteiger partial charge >= 0.3 is 5.97 Å². The van der Waals surface area contributed by atoms with Crippen LogP contribution >= 0.6 is 0 Å². The summed E-state index contributed by atoms with van der Waals surface area (Å²) < 4.78 is 0. The second kappa shape index (κ2) is 6.69. The number of carboxylic acids is 1. The third-order valence-electron chi connectivity index (χ3n) is 5.59. The molecule has 0 spiro atoms. The third kappa shape index (κ3) is 3.39. The lowest BCUT2D eigenvalue weighted by molar-refractivity contribution is -0.144. The fourth-order valence-electron chi connectivity index (χ4n) is 3.81. The summed E-state index contributed by atoms with van der Waals surface area (Å²) >= 11 is 0. The maximum Gasteiger partial charge on any atom is 0.330 e. The number of aliphatic carboxylic acids is 1. The van der Waals surface area contributed by atoms with Gasteiger partial charge in [0.15, 0.2) is 0 Å². The van der Waals surface area contributed by atoms with Crippen molar-refractivity contribution in [2.75, 3.05) is 0 Å². The van der Waals surface area contributed by atoms with Gasteiger partial charge in [0.05, 0.1) is 0 Å². The minimum atomic E-state index is -1.29. The van der Waals surface area contributed by atoms with Gasteiger partial charge in [-0.3, -0.25) is 4.79 Å². The van der Waals surface area contributed by atoms with Crippen LogP contribution in [-0.4, -0.2) is 22.5 Å². The van der Waals surface area contributed by atoms with Crippen LogP contribution in [0.4, 0.5) is 0 Å². The molecule has 0 aromatic heterocycles. The maximum absolute atomic E-state index is 13.1. The monoisotopic (exact) mass is 361 g/mol. The van der Waals surface area contributed by atoms with Crippen molar-refractivity contribution < 1.29 is 14.7 Å². The molecule has 0 atom stereocenters. The molecule has 4 heteroatoms. The molecular formula is C23H23NO3. The van der Waals surface area contributed by atoms with Crippen molar-refractivity contribution in [2.24, 2.45) is 5.92 Å². The normalized spacial score (nSPS) is 17.7. The van der Waals surface area contributed by atoms with Crippen molar-refractivity contribution in [3.8, 4) is 0 Å². The van der Waals surface area contributed by atoms with Crippen LogP contribution in [0.1, 0.15) is 45.5 Å². The van der Waals surface area contributed by atoms with E-state index in [1.54, 1.807) is 6.07 Å². The Morgan fingerprint density at radius 3 is 2.33 bits per heavy atom. The van der Waals surface area contributed by atoms with Crippen LogP contribution in [0.25, 0.3) is 6.08 Å². The largest absolute Gasteiger partial charge is 0.479 e. The van der Waals surface area contributed by atoms with Crippen molar-refractivity contribution in [3.05, 3.63) is 76.4 Å². The molecule has 0 bridgehead atoms. The number of aryl methyl sites for hydroxylation is 1. The van der Waals surface area contributed by atoms with E-state index in [2.05, 4.69) is 11.4 Å². The Balaban J connectivity index is 1.63. The number of carbonyl (C=O) groups is 2. The highest BCUT2D eigenvalue weighted by Crippen LogP contribution is 2.33. The number of fused-ring (bicyclic) bond motifs is 1. The fraction of sp³-hybridized carbons (Fsp3) is 0.304. The van der Waals surface area contributed by atoms with E-state index < -0.39 is 11.5 Å². The zero-order valence-electron chi connectivity index (χ0n) is 15.4. The van der Waals surface area contributed by atoms with Crippen molar-refractivity contribution in [1.82, 2.24) is 5.32 Å². The summed E-state index contributed by atoms with van der Waals surface area (Å²) in [4.78, 5) is 25.2. The second-order valence-corrected chi connectivity index (χ2v) is 7.70. The van der Waals surface area contributed by atoms with Gasteiger partial charge in [0.2, 0.25) is 0 Å². The van der Waals surface area contributed by atoms with Crippen LogP contribution in [0, 0.1) is 12.8 Å². The predicted octanol–water partition coefficient (Wildman–Crippen LogP) is 3.77. The van der Waals surface area contributed by atoms with Crippen molar-refractivity contribution in [2.45, 2.75) is 38.1 Å². The average Bonchev–Trinajstić information content (AvgIpc) is 3.39. The number of benzene rings is 2. The smallest absolute Gasteiger partial charge is 0.330 e. The van der Waals surface area contributed by atoms with Gasteiger partial charge in [0.1, 0.15) is 5.54 Å². The molecule has 2 aliphatic rings. The first kappa shape index (κ1) is 17.5. The Morgan fingerprint density at radius 2 is 1.74 bits per heavy atom. The van der Waals surface area contributed by atoms with E-state index in [1.807, 2.05) is 49.4 Å². The Morgan fingerprint density at radius 1 is 1.07 bits per heavy atom. The van der Waals surface area contributed by atoms with Crippen molar-refractivity contribution >= 4 is 18.0 Å². The minimum Gasteiger partial charge on any atom is -0.479 e. The molecule has 2 aromatic rings. The summed E-state index contributed by atoms with van der Waals surface area (Å²) in [5.41, 5.74) is 3.10. The van der Waals surface area contributed by atoms with Gasteiger partial charge < -0.3 is 10.4 Å². The Hall–Kier alpha value is -2.88. The molecule has 2 aliphatic carbocycles. The highest BCUT2D eigenvalue weighted by molar-refractivity contribution is 6.01. The van der Waals surface area contributed by atoms with Gasteiger partial charge in [0, 0.05) is 18.4 Å². The van der Waals surface area contributed by atoms with E-state index >= 15 is 0 Å². The van der Waals surface area contributed by atoms with E-state index in [0.717, 1.165) is 22.3 Å². The zero-order valence-corrected chi connectivity index (χ0v) is 15.4. The molecule has 1 amide bonds. The van der Waals surface area contributed by atoms with E-state index in [9.17, 15) is 14.7 Å². The standard InChI is InChI=1S/C23H23NO3/c1-15-5-4-8-20(19(15)12-11-16-9-10-16)21(25)24-23(22(26)27)13-17-6-2-3-7-18(17)14-23/h2-8,11-12,16H,9-10,13-14H2,1H3,(H,24,25)(H,26,27)/b12-11+. The first-order valence-corrected chi connectivity index (χ1v) is 9.39. The predicted molar refractivity (Wildman–Crippen MR) is 105 cm³/mol. The van der Waals surface area contributed by atoms with Crippen LogP contribution in [0.15, 0.2) is 48.5 Å². The molecule has 4 rings (SSSR count). The number of carboxylic acid groups (broad SMARTS) is 1. The van der Waals surface area contributed by atoms with Crippen LogP contribution < -0.4 is 5.32 Å². The lowest BCUT2D eigenvalue weighted by Crippen LogP contribution is -2.55. The molecule has 0 heterocycles. The minimum absolute atomic E-state index is 0.309. The zero-order chi connectivity index (χ0) is 19.0. The summed E-state index contributed by atoms with van der Waals surface area (Å²) in [5.74, 6) is -0.714. The second-order valence-electron chi connectivity index (χ2n) is 7.70. The lowest BCUT2D eigenvalue weighted by atomic mass is 9.93. The summed E-state index contributed by atoms with van der Waals surface area (Å²) in [6, 6.07) is 13.3. The molecule has 0 saturated heterocycles. The molecule has 0 unspecified atom stereocenters. The van der Waals surface area contributed by atoms with Crippen LogP contribution in [0.5, 0.6) is 0 Å². The molecular weight excluding hydrogens is 338 g/mol. The van der Waals surface area contributed by atoms with Crippen LogP contribution in [0.2, 0.25) is 0 Å². The number of allylic oxidation sites excluding steroid dienone is 1. The molecule has 2 aromatic carbocycles. The molecule has 0 radical (unpaired) electrons. The van der Waals surface area contributed by atoms with Crippen LogP contribution in [-0.2, 0) is 17.6 Å². The number of carbonyl (C=O) groups excluding carboxylic acids is 1. The van der Waals surface area contributed by atoms with E-state index in [-0.39, 0.29) is 5.91 Å². The molecule has 1 fully saturated rings. The van der Waals surface area contributed by atoms with E-state index in [4.69, 9.17) is 0 Å². The summed E-state index contributed by atoms with van der Waals surface area (Å²) in [6.45, 7) is 1.97.